The van der Waals surface area contributed by atoms with E-state index in [0.717, 1.165) is 38.3 Å². The second kappa shape index (κ2) is 10.3. The van der Waals surface area contributed by atoms with E-state index in [2.05, 4.69) is 4.74 Å². The fourth-order valence-corrected chi connectivity index (χ4v) is 2.61. The Morgan fingerprint density at radius 2 is 1.42 bits per heavy atom. The number of alkyl halides is 6. The molecule has 0 aliphatic heterocycles. The van der Waals surface area contributed by atoms with Gasteiger partial charge in [-0.05, 0) is 55.0 Å². The van der Waals surface area contributed by atoms with Gasteiger partial charge >= 0.3 is 18.3 Å². The van der Waals surface area contributed by atoms with Crippen LogP contribution in [-0.4, -0.2) is 31.8 Å². The highest BCUT2D eigenvalue weighted by Crippen LogP contribution is 2.38. The number of carbonyl (C=O) groups is 2. The third-order valence-electron chi connectivity index (χ3n) is 4.33. The number of Topliss-reactive ketones (excluding diaryl/α,β-unsaturated/α-hetero) is 1. The van der Waals surface area contributed by atoms with Gasteiger partial charge in [0.25, 0.3) is 0 Å². The summed E-state index contributed by atoms with van der Waals surface area (Å²) in [5.41, 5.74) is -3.83. The van der Waals surface area contributed by atoms with Gasteiger partial charge in [0.05, 0.1) is 24.3 Å². The zero-order chi connectivity index (χ0) is 25.0. The van der Waals surface area contributed by atoms with Crippen LogP contribution in [-0.2, 0) is 31.4 Å². The van der Waals surface area contributed by atoms with Gasteiger partial charge in [0.2, 0.25) is 12.1 Å². The Hall–Kier alpha value is -2.99. The molecule has 2 aromatic carbocycles. The van der Waals surface area contributed by atoms with Gasteiger partial charge < -0.3 is 14.2 Å². The highest BCUT2D eigenvalue weighted by molar-refractivity contribution is 5.98. The number of ketones is 1. The predicted molar refractivity (Wildman–Crippen MR) is 98.4 cm³/mol. The maximum absolute atomic E-state index is 13.1. The second-order valence-electron chi connectivity index (χ2n) is 6.71. The van der Waals surface area contributed by atoms with Gasteiger partial charge in [-0.2, -0.15) is 26.3 Å². The van der Waals surface area contributed by atoms with Gasteiger partial charge in [0, 0.05) is 5.56 Å². The van der Waals surface area contributed by atoms with Crippen LogP contribution in [0.15, 0.2) is 42.5 Å². The molecule has 0 saturated carbocycles. The fourth-order valence-electron chi connectivity index (χ4n) is 2.61. The van der Waals surface area contributed by atoms with E-state index in [-0.39, 0.29) is 11.6 Å². The Kier molecular flexibility index (Phi) is 8.20. The lowest BCUT2D eigenvalue weighted by Crippen LogP contribution is -2.31. The molecule has 2 unspecified atom stereocenters. The van der Waals surface area contributed by atoms with Crippen molar-refractivity contribution in [3.63, 3.8) is 0 Å². The first-order chi connectivity index (χ1) is 15.2. The van der Waals surface area contributed by atoms with Crippen LogP contribution in [0.1, 0.15) is 40.1 Å². The normalized spacial score (nSPS) is 14.0. The highest BCUT2D eigenvalue weighted by Gasteiger charge is 2.38. The average molecular weight is 482 g/mol. The van der Waals surface area contributed by atoms with Crippen molar-refractivity contribution in [3.8, 4) is 0 Å². The Labute approximate surface area is 183 Å². The van der Waals surface area contributed by atoms with Crippen LogP contribution in [0.5, 0.6) is 0 Å². The third kappa shape index (κ3) is 7.26. The Balaban J connectivity index is 2.39. The maximum atomic E-state index is 13.1. The molecule has 0 amide bonds. The van der Waals surface area contributed by atoms with Crippen LogP contribution in [0.4, 0.5) is 30.7 Å². The quantitative estimate of drug-likeness (QED) is 0.220. The number of hydrogen-bond donors (Lipinski definition) is 0. The van der Waals surface area contributed by atoms with Gasteiger partial charge in [-0.15, -0.1) is 0 Å². The van der Waals surface area contributed by atoms with E-state index in [1.807, 2.05) is 0 Å². The van der Waals surface area contributed by atoms with Crippen LogP contribution in [0.3, 0.4) is 0 Å². The summed E-state index contributed by atoms with van der Waals surface area (Å²) in [5.74, 6) is -2.55. The SMILES string of the molecule is COC(=O)COC(OC(C)c1cc(C(F)(F)F)cc(C(F)(F)F)c1)C(=O)c1ccc(F)cc1. The van der Waals surface area contributed by atoms with Gasteiger partial charge in [0.1, 0.15) is 12.4 Å². The van der Waals surface area contributed by atoms with E-state index in [9.17, 15) is 40.3 Å². The van der Waals surface area contributed by atoms with Crippen molar-refractivity contribution in [1.82, 2.24) is 0 Å². The molecule has 180 valence electrons. The average Bonchev–Trinajstić information content (AvgIpc) is 2.74. The Morgan fingerprint density at radius 3 is 1.88 bits per heavy atom. The Bertz CT molecular complexity index is 952. The van der Waals surface area contributed by atoms with E-state index in [1.54, 1.807) is 0 Å². The molecule has 0 aromatic heterocycles. The number of esters is 1. The largest absolute Gasteiger partial charge is 0.467 e. The standard InChI is InChI=1S/C21H17F7O5/c1-11(13-7-14(20(23,24)25)9-15(8-13)21(26,27)28)33-19(32-10-17(29)31-2)18(30)12-3-5-16(22)6-4-12/h3-9,11,19H,10H2,1-2H3. The first-order valence-corrected chi connectivity index (χ1v) is 9.15. The van der Waals surface area contributed by atoms with Crippen molar-refractivity contribution in [1.29, 1.82) is 0 Å². The van der Waals surface area contributed by atoms with Gasteiger partial charge in [-0.1, -0.05) is 0 Å². The van der Waals surface area contributed by atoms with Gasteiger partial charge in [-0.25, -0.2) is 9.18 Å². The molecule has 0 bridgehead atoms. The number of rotatable bonds is 8. The summed E-state index contributed by atoms with van der Waals surface area (Å²) in [5, 5.41) is 0. The lowest BCUT2D eigenvalue weighted by atomic mass is 10.0. The van der Waals surface area contributed by atoms with Crippen LogP contribution < -0.4 is 0 Å². The molecular formula is C21H17F7O5. The van der Waals surface area contributed by atoms with Crippen LogP contribution in [0, 0.1) is 5.82 Å². The molecular weight excluding hydrogens is 465 g/mol. The molecule has 0 fully saturated rings. The monoisotopic (exact) mass is 482 g/mol. The molecule has 5 nitrogen and oxygen atoms in total. The molecule has 0 heterocycles. The third-order valence-corrected chi connectivity index (χ3v) is 4.33. The summed E-state index contributed by atoms with van der Waals surface area (Å²) in [6, 6.07) is 4.84. The highest BCUT2D eigenvalue weighted by atomic mass is 19.4. The van der Waals surface area contributed by atoms with E-state index in [0.29, 0.717) is 12.1 Å². The predicted octanol–water partition coefficient (Wildman–Crippen LogP) is 5.34. The lowest BCUT2D eigenvalue weighted by molar-refractivity contribution is -0.168. The maximum Gasteiger partial charge on any atom is 0.416 e. The molecule has 12 heteroatoms. The van der Waals surface area contributed by atoms with Crippen molar-refractivity contribution >= 4 is 11.8 Å². The minimum Gasteiger partial charge on any atom is -0.467 e. The van der Waals surface area contributed by atoms with Crippen molar-refractivity contribution in [2.45, 2.75) is 31.7 Å². The Morgan fingerprint density at radius 1 is 0.909 bits per heavy atom. The summed E-state index contributed by atoms with van der Waals surface area (Å²) in [4.78, 5) is 24.1. The van der Waals surface area contributed by atoms with E-state index in [1.165, 1.54) is 0 Å². The molecule has 0 N–H and O–H groups in total. The molecule has 2 atom stereocenters. The molecule has 0 aliphatic carbocycles. The molecule has 0 saturated heterocycles. The first kappa shape index (κ1) is 26.3. The van der Waals surface area contributed by atoms with Crippen LogP contribution >= 0.6 is 0 Å². The number of methoxy groups -OCH3 is 1. The summed E-state index contributed by atoms with van der Waals surface area (Å²) in [7, 11) is 1.02. The fraction of sp³-hybridized carbons (Fsp3) is 0.333. The zero-order valence-corrected chi connectivity index (χ0v) is 17.1. The summed E-state index contributed by atoms with van der Waals surface area (Å²) < 4.78 is 107. The van der Waals surface area contributed by atoms with Gasteiger partial charge in [0.15, 0.2) is 0 Å². The van der Waals surface area contributed by atoms with Crippen molar-refractivity contribution in [2.24, 2.45) is 0 Å². The van der Waals surface area contributed by atoms with E-state index >= 15 is 0 Å². The summed E-state index contributed by atoms with van der Waals surface area (Å²) in [6.45, 7) is 0.291. The summed E-state index contributed by atoms with van der Waals surface area (Å²) in [6.07, 6.45) is -13.6. The van der Waals surface area contributed by atoms with Crippen molar-refractivity contribution in [3.05, 3.63) is 70.5 Å². The number of ether oxygens (including phenoxy) is 3. The molecule has 33 heavy (non-hydrogen) atoms. The number of hydrogen-bond acceptors (Lipinski definition) is 5. The van der Waals surface area contributed by atoms with Crippen molar-refractivity contribution < 1.29 is 54.5 Å². The molecule has 0 aliphatic rings. The smallest absolute Gasteiger partial charge is 0.416 e. The molecule has 0 radical (unpaired) electrons. The molecule has 2 aromatic rings. The van der Waals surface area contributed by atoms with E-state index < -0.39 is 65.6 Å². The van der Waals surface area contributed by atoms with Crippen LogP contribution in [0.2, 0.25) is 0 Å². The van der Waals surface area contributed by atoms with Crippen molar-refractivity contribution in [2.75, 3.05) is 13.7 Å². The minimum absolute atomic E-state index is 0.0505. The summed E-state index contributed by atoms with van der Waals surface area (Å²) >= 11 is 0. The van der Waals surface area contributed by atoms with Crippen LogP contribution in [0.25, 0.3) is 0 Å². The second-order valence-corrected chi connectivity index (χ2v) is 6.71. The van der Waals surface area contributed by atoms with E-state index in [4.69, 9.17) is 9.47 Å². The topological polar surface area (TPSA) is 61.8 Å². The first-order valence-electron chi connectivity index (χ1n) is 9.15. The molecule has 2 rings (SSSR count). The van der Waals surface area contributed by atoms with Gasteiger partial charge in [-0.3, -0.25) is 4.79 Å². The number of benzene rings is 2. The lowest BCUT2D eigenvalue weighted by Gasteiger charge is -2.23. The molecule has 0 spiro atoms. The minimum atomic E-state index is -5.08. The number of carbonyl (C=O) groups excluding carboxylic acids is 2. The zero-order valence-electron chi connectivity index (χ0n) is 17.1. The number of halogens is 7.